The highest BCUT2D eigenvalue weighted by Crippen LogP contribution is 2.45. The van der Waals surface area contributed by atoms with Gasteiger partial charge in [-0.1, -0.05) is 125 Å². The first kappa shape index (κ1) is 57.9. The van der Waals surface area contributed by atoms with Crippen LogP contribution in [-0.4, -0.2) is 103 Å². The number of nitrogens with one attached hydrogen (secondary N) is 4. The molecule has 0 heterocycles. The fraction of sp³-hybridized carbons (Fsp3) is 0.404. The Bertz CT molecular complexity index is 2680. The lowest BCUT2D eigenvalue weighted by atomic mass is 9.98. The number of fused-ring (bicyclic) bond motifs is 6. The van der Waals surface area contributed by atoms with E-state index in [1.807, 2.05) is 84.9 Å². The van der Waals surface area contributed by atoms with Gasteiger partial charge in [-0.15, -0.1) is 0 Å². The molecule has 0 bridgehead atoms. The molecule has 6 atom stereocenters. The number of carbonyl (C=O) groups excluding carboxylic acids is 9. The van der Waals surface area contributed by atoms with Gasteiger partial charge in [0.1, 0.15) is 19.8 Å². The van der Waals surface area contributed by atoms with E-state index in [-0.39, 0.29) is 69.0 Å². The average Bonchev–Trinajstić information content (AvgIpc) is 3.88. The molecule has 18 heteroatoms. The molecule has 0 spiro atoms. The molecule has 0 fully saturated rings. The van der Waals surface area contributed by atoms with Crippen LogP contribution in [0.1, 0.15) is 108 Å². The van der Waals surface area contributed by atoms with Gasteiger partial charge in [-0.2, -0.15) is 0 Å². The van der Waals surface area contributed by atoms with Crippen molar-refractivity contribution in [3.63, 3.8) is 0 Å². The van der Waals surface area contributed by atoms with Crippen molar-refractivity contribution < 1.29 is 67.3 Å². The highest BCUT2D eigenvalue weighted by Gasteiger charge is 2.32. The van der Waals surface area contributed by atoms with Crippen LogP contribution in [-0.2, 0) is 62.2 Å². The number of carboxylic acids is 1. The van der Waals surface area contributed by atoms with Gasteiger partial charge in [0.05, 0.1) is 24.9 Å². The Morgan fingerprint density at radius 3 is 1.11 bits per heavy atom. The van der Waals surface area contributed by atoms with Crippen molar-refractivity contribution in [3.8, 4) is 22.3 Å². The van der Waals surface area contributed by atoms with Gasteiger partial charge < -0.3 is 40.6 Å². The second-order valence-electron chi connectivity index (χ2n) is 19.1. The van der Waals surface area contributed by atoms with Gasteiger partial charge in [-0.05, 0) is 58.4 Å². The monoisotopic (exact) mass is 1030 g/mol. The number of carboxylic acid groups (broad SMARTS) is 1. The van der Waals surface area contributed by atoms with E-state index in [2.05, 4.69) is 38.1 Å². The van der Waals surface area contributed by atoms with E-state index in [1.165, 1.54) is 27.7 Å². The number of carbonyl (C=O) groups is 10. The fourth-order valence-electron chi connectivity index (χ4n) is 8.77. The van der Waals surface area contributed by atoms with Crippen LogP contribution in [0.2, 0.25) is 0 Å². The summed E-state index contributed by atoms with van der Waals surface area (Å²) < 4.78 is 15.8. The Balaban J connectivity index is 0.000000277. The molecule has 0 aliphatic heterocycles. The first-order valence-corrected chi connectivity index (χ1v) is 24.9. The molecule has 0 saturated carbocycles. The van der Waals surface area contributed by atoms with Gasteiger partial charge in [-0.3, -0.25) is 47.9 Å². The number of aliphatic carboxylic acids is 1. The van der Waals surface area contributed by atoms with Crippen LogP contribution in [0.4, 0.5) is 0 Å². The van der Waals surface area contributed by atoms with Gasteiger partial charge in [0.25, 0.3) is 0 Å². The summed E-state index contributed by atoms with van der Waals surface area (Å²) in [4.78, 5) is 120. The van der Waals surface area contributed by atoms with E-state index in [9.17, 15) is 47.9 Å². The minimum atomic E-state index is -1.18. The Hall–Kier alpha value is -8.02. The predicted molar refractivity (Wildman–Crippen MR) is 275 cm³/mol. The van der Waals surface area contributed by atoms with Crippen molar-refractivity contribution in [3.05, 3.63) is 119 Å². The summed E-state index contributed by atoms with van der Waals surface area (Å²) in [6.07, 6.45) is -0.532. The topological polar surface area (TPSA) is 267 Å². The summed E-state index contributed by atoms with van der Waals surface area (Å²) >= 11 is 0. The number of hydrogen-bond acceptors (Lipinski definition) is 13. The lowest BCUT2D eigenvalue weighted by Crippen LogP contribution is -2.43. The molecular weight excluding hydrogens is 965 g/mol. The molecule has 18 nitrogen and oxygen atoms in total. The van der Waals surface area contributed by atoms with Gasteiger partial charge in [-0.25, -0.2) is 0 Å². The second kappa shape index (κ2) is 27.3. The molecule has 0 aromatic heterocycles. The largest absolute Gasteiger partial charge is 0.480 e. The van der Waals surface area contributed by atoms with Crippen LogP contribution in [0.25, 0.3) is 22.3 Å². The maximum Gasteiger partial charge on any atom is 0.322 e. The Kier molecular flexibility index (Phi) is 21.1. The van der Waals surface area contributed by atoms with Gasteiger partial charge in [0.15, 0.2) is 18.3 Å². The zero-order valence-electron chi connectivity index (χ0n) is 43.3. The van der Waals surface area contributed by atoms with Crippen LogP contribution >= 0.6 is 0 Å². The molecule has 75 heavy (non-hydrogen) atoms. The quantitative estimate of drug-likeness (QED) is 0.0317. The molecule has 398 valence electrons. The number of esters is 3. The molecular formula is C57H66N4O14. The van der Waals surface area contributed by atoms with Crippen molar-refractivity contribution in [2.24, 2.45) is 23.7 Å². The molecule has 0 unspecified atom stereocenters. The average molecular weight is 1030 g/mol. The van der Waals surface area contributed by atoms with Crippen LogP contribution < -0.4 is 21.3 Å². The number of benzene rings is 4. The number of amides is 4. The summed E-state index contributed by atoms with van der Waals surface area (Å²) in [5.41, 5.74) is 8.92. The van der Waals surface area contributed by atoms with E-state index in [4.69, 9.17) is 14.6 Å². The lowest BCUT2D eigenvalue weighted by molar-refractivity contribution is -0.147. The summed E-state index contributed by atoms with van der Waals surface area (Å²) in [5.74, 6) is -8.33. The molecule has 6 rings (SSSR count). The van der Waals surface area contributed by atoms with Crippen LogP contribution in [0, 0.1) is 23.7 Å². The van der Waals surface area contributed by atoms with E-state index in [0.29, 0.717) is 0 Å². The van der Waals surface area contributed by atoms with E-state index in [1.54, 1.807) is 20.8 Å². The molecule has 4 amide bonds. The highest BCUT2D eigenvalue weighted by molar-refractivity contribution is 5.94. The Morgan fingerprint density at radius 1 is 0.453 bits per heavy atom. The van der Waals surface area contributed by atoms with Gasteiger partial charge in [0.2, 0.25) is 23.6 Å². The zero-order chi connectivity index (χ0) is 54.9. The zero-order valence-corrected chi connectivity index (χ0v) is 43.3. The first-order valence-electron chi connectivity index (χ1n) is 24.9. The van der Waals surface area contributed by atoms with Crippen molar-refractivity contribution in [2.45, 2.75) is 98.1 Å². The standard InChI is InChI=1S/C29H34N2O7.C28H32N2O7/c1-17(28(35)30-16-38-20(4)32)13-26(33)19(3)31-29(36)18(2)14-27(34)37-15-25-23-11-7-5-9-21(23)22-10-6-8-12-24(22)25;1-16(27(35)29-14-25(32)33)12-24(31)18(3)30-28(36)17(2)13-26(34)37-15-23-21-10-6-4-8-19(21)20-9-5-7-11-22(20)23/h5-12,17-19,25H,13-16H2,1-4H3,(H,30,35)(H,31,36);4-11,16-18,23H,12-15H2,1-3H3,(H,29,35)(H,30,36)(H,32,33)/t17-,18-,19-;16-,17-,18-/m11/s1. The van der Waals surface area contributed by atoms with Crippen molar-refractivity contribution in [1.29, 1.82) is 0 Å². The Labute approximate surface area is 436 Å². The minimum absolute atomic E-state index is 0.0682. The predicted octanol–water partition coefficient (Wildman–Crippen LogP) is 5.77. The van der Waals surface area contributed by atoms with E-state index in [0.717, 1.165) is 44.5 Å². The minimum Gasteiger partial charge on any atom is -0.480 e. The molecule has 4 aromatic rings. The molecule has 4 aromatic carbocycles. The second-order valence-corrected chi connectivity index (χ2v) is 19.1. The SMILES string of the molecule is CC(=O)OCNC(=O)[C@H](C)CC(=O)[C@@H](C)NC(=O)[C@H](C)CC(=O)OCC1c2ccccc2-c2ccccc21.C[C@H](CC(=O)[C@@H](C)NC(=O)[C@H](C)CC(=O)OCC1c2ccccc2-c2ccccc21)C(=O)NCC(=O)O. The number of ether oxygens (including phenoxy) is 3. The van der Waals surface area contributed by atoms with E-state index >= 15 is 0 Å². The van der Waals surface area contributed by atoms with Crippen LogP contribution in [0.5, 0.6) is 0 Å². The molecule has 2 aliphatic rings. The Morgan fingerprint density at radius 2 is 0.773 bits per heavy atom. The van der Waals surface area contributed by atoms with Crippen molar-refractivity contribution in [2.75, 3.05) is 26.5 Å². The van der Waals surface area contributed by atoms with Crippen molar-refractivity contribution in [1.82, 2.24) is 21.3 Å². The third kappa shape index (κ3) is 16.2. The third-order valence-corrected chi connectivity index (χ3v) is 13.1. The van der Waals surface area contributed by atoms with Crippen molar-refractivity contribution >= 4 is 59.1 Å². The van der Waals surface area contributed by atoms with E-state index < -0.39 is 89.8 Å². The summed E-state index contributed by atoms with van der Waals surface area (Å²) in [6.45, 7) is 10.0. The third-order valence-electron chi connectivity index (χ3n) is 13.1. The van der Waals surface area contributed by atoms with Gasteiger partial charge >= 0.3 is 23.9 Å². The van der Waals surface area contributed by atoms with Crippen LogP contribution in [0.3, 0.4) is 0 Å². The number of ketones is 2. The number of rotatable bonds is 24. The molecule has 0 saturated heterocycles. The number of hydrogen-bond donors (Lipinski definition) is 5. The lowest BCUT2D eigenvalue weighted by Gasteiger charge is -2.19. The molecule has 5 N–H and O–H groups in total. The highest BCUT2D eigenvalue weighted by atomic mass is 16.5. The summed E-state index contributed by atoms with van der Waals surface area (Å²) in [7, 11) is 0. The normalized spacial score (nSPS) is 14.4. The molecule has 0 radical (unpaired) electrons. The summed E-state index contributed by atoms with van der Waals surface area (Å²) in [5, 5.41) is 18.5. The smallest absolute Gasteiger partial charge is 0.322 e. The van der Waals surface area contributed by atoms with Crippen LogP contribution in [0.15, 0.2) is 97.1 Å². The summed E-state index contributed by atoms with van der Waals surface area (Å²) in [6, 6.07) is 30.4. The fourth-order valence-corrected chi connectivity index (χ4v) is 8.77. The maximum absolute atomic E-state index is 12.6. The maximum atomic E-state index is 12.6. The molecule has 2 aliphatic carbocycles. The first-order chi connectivity index (χ1) is 35.7. The van der Waals surface area contributed by atoms with Gasteiger partial charge in [0, 0.05) is 55.3 Å². The number of Topliss-reactive ketones (excluding diaryl/α,β-unsaturated/α-hetero) is 2.